The molecule has 1 N–H and O–H groups in total. The third-order valence-electron chi connectivity index (χ3n) is 4.24. The van der Waals surface area contributed by atoms with Crippen molar-refractivity contribution in [1.29, 1.82) is 0 Å². The Balaban J connectivity index is 1.63. The van der Waals surface area contributed by atoms with E-state index in [1.54, 1.807) is 0 Å². The third kappa shape index (κ3) is 2.80. The second kappa shape index (κ2) is 6.27. The number of aliphatic imine (C=N–C) groups is 1. The fraction of sp³-hybridized carbons (Fsp3) is 0.562. The maximum Gasteiger partial charge on any atom is 0.198 e. The largest absolute Gasteiger partial charge is 0.381 e. The lowest BCUT2D eigenvalue weighted by atomic mass is 10.0. The second-order valence-corrected chi connectivity index (χ2v) is 5.51. The summed E-state index contributed by atoms with van der Waals surface area (Å²) in [4.78, 5) is 6.75. The van der Waals surface area contributed by atoms with Crippen molar-refractivity contribution < 1.29 is 4.74 Å². The molecule has 0 amide bonds. The lowest BCUT2D eigenvalue weighted by Gasteiger charge is -2.26. The van der Waals surface area contributed by atoms with Crippen LogP contribution in [0, 0.1) is 5.92 Å². The van der Waals surface area contributed by atoms with E-state index in [0.717, 1.165) is 51.5 Å². The van der Waals surface area contributed by atoms with Crippen molar-refractivity contribution in [3.05, 3.63) is 29.8 Å². The lowest BCUT2D eigenvalue weighted by Crippen LogP contribution is -2.43. The minimum atomic E-state index is 0.707. The predicted octanol–water partition coefficient (Wildman–Crippen LogP) is 2.05. The minimum absolute atomic E-state index is 0.707. The van der Waals surface area contributed by atoms with Gasteiger partial charge >= 0.3 is 0 Å². The SMILES string of the molecule is CN=C(NCC1CCOCC1)N1CCc2ccccc21. The highest BCUT2D eigenvalue weighted by molar-refractivity contribution is 5.97. The quantitative estimate of drug-likeness (QED) is 0.662. The van der Waals surface area contributed by atoms with Crippen LogP contribution in [0.15, 0.2) is 29.3 Å². The average molecular weight is 273 g/mol. The molecular weight excluding hydrogens is 250 g/mol. The van der Waals surface area contributed by atoms with E-state index in [1.807, 2.05) is 7.05 Å². The molecule has 1 aromatic rings. The topological polar surface area (TPSA) is 36.9 Å². The van der Waals surface area contributed by atoms with Crippen molar-refractivity contribution in [3.63, 3.8) is 0 Å². The van der Waals surface area contributed by atoms with E-state index >= 15 is 0 Å². The maximum atomic E-state index is 5.41. The number of fused-ring (bicyclic) bond motifs is 1. The fourth-order valence-corrected chi connectivity index (χ4v) is 3.04. The van der Waals surface area contributed by atoms with Gasteiger partial charge in [-0.25, -0.2) is 0 Å². The molecule has 0 spiro atoms. The third-order valence-corrected chi connectivity index (χ3v) is 4.24. The summed E-state index contributed by atoms with van der Waals surface area (Å²) in [6.45, 7) is 3.82. The Bertz CT molecular complexity index is 480. The van der Waals surface area contributed by atoms with Crippen LogP contribution in [0.25, 0.3) is 0 Å². The van der Waals surface area contributed by atoms with E-state index in [0.29, 0.717) is 5.92 Å². The van der Waals surface area contributed by atoms with Crippen LogP contribution in [0.3, 0.4) is 0 Å². The Morgan fingerprint density at radius 1 is 1.35 bits per heavy atom. The summed E-state index contributed by atoms with van der Waals surface area (Å²) < 4.78 is 5.41. The molecule has 0 unspecified atom stereocenters. The van der Waals surface area contributed by atoms with Gasteiger partial charge in [0.05, 0.1) is 0 Å². The molecule has 2 aliphatic heterocycles. The van der Waals surface area contributed by atoms with Crippen molar-refractivity contribution in [1.82, 2.24) is 5.32 Å². The molecule has 3 rings (SSSR count). The van der Waals surface area contributed by atoms with E-state index < -0.39 is 0 Å². The molecule has 0 radical (unpaired) electrons. The van der Waals surface area contributed by atoms with Crippen molar-refractivity contribution in [3.8, 4) is 0 Å². The molecule has 1 fully saturated rings. The summed E-state index contributed by atoms with van der Waals surface area (Å²) in [6, 6.07) is 8.61. The Labute approximate surface area is 120 Å². The number of anilines is 1. The number of hydrogen-bond donors (Lipinski definition) is 1. The van der Waals surface area contributed by atoms with Gasteiger partial charge in [-0.3, -0.25) is 4.99 Å². The Hall–Kier alpha value is -1.55. The zero-order valence-corrected chi connectivity index (χ0v) is 12.1. The zero-order chi connectivity index (χ0) is 13.8. The van der Waals surface area contributed by atoms with Gasteiger partial charge in [0.1, 0.15) is 0 Å². The van der Waals surface area contributed by atoms with Gasteiger partial charge < -0.3 is 15.0 Å². The number of ether oxygens (including phenoxy) is 1. The summed E-state index contributed by atoms with van der Waals surface area (Å²) in [6.07, 6.45) is 3.41. The summed E-state index contributed by atoms with van der Waals surface area (Å²) in [7, 11) is 1.87. The molecule has 20 heavy (non-hydrogen) atoms. The minimum Gasteiger partial charge on any atom is -0.381 e. The van der Waals surface area contributed by atoms with E-state index in [-0.39, 0.29) is 0 Å². The summed E-state index contributed by atoms with van der Waals surface area (Å²) in [5.74, 6) is 1.71. The first kappa shape index (κ1) is 13.4. The predicted molar refractivity (Wildman–Crippen MR) is 82.4 cm³/mol. The van der Waals surface area contributed by atoms with Crippen LogP contribution in [0.4, 0.5) is 5.69 Å². The molecule has 1 aromatic carbocycles. The molecule has 0 bridgehead atoms. The van der Waals surface area contributed by atoms with E-state index in [4.69, 9.17) is 4.74 Å². The number of hydrogen-bond acceptors (Lipinski definition) is 2. The van der Waals surface area contributed by atoms with Gasteiger partial charge in [-0.1, -0.05) is 18.2 Å². The summed E-state index contributed by atoms with van der Waals surface area (Å²) in [5.41, 5.74) is 2.72. The van der Waals surface area contributed by atoms with Crippen LogP contribution >= 0.6 is 0 Å². The number of rotatable bonds is 2. The number of nitrogens with zero attached hydrogens (tertiary/aromatic N) is 2. The van der Waals surface area contributed by atoms with E-state index in [9.17, 15) is 0 Å². The van der Waals surface area contributed by atoms with Gasteiger partial charge in [-0.2, -0.15) is 0 Å². The maximum absolute atomic E-state index is 5.41. The smallest absolute Gasteiger partial charge is 0.198 e. The monoisotopic (exact) mass is 273 g/mol. The van der Waals surface area contributed by atoms with Crippen molar-refractivity contribution >= 4 is 11.6 Å². The van der Waals surface area contributed by atoms with Gasteiger partial charge in [0.25, 0.3) is 0 Å². The highest BCUT2D eigenvalue weighted by atomic mass is 16.5. The van der Waals surface area contributed by atoms with Gasteiger partial charge in [-0.05, 0) is 36.8 Å². The van der Waals surface area contributed by atoms with Gasteiger partial charge in [0.2, 0.25) is 0 Å². The molecule has 4 heteroatoms. The molecule has 1 saturated heterocycles. The molecule has 0 aliphatic carbocycles. The first-order valence-electron chi connectivity index (χ1n) is 7.52. The number of nitrogens with one attached hydrogen (secondary N) is 1. The number of guanidine groups is 1. The molecule has 4 nitrogen and oxygen atoms in total. The highest BCUT2D eigenvalue weighted by Crippen LogP contribution is 2.27. The second-order valence-electron chi connectivity index (χ2n) is 5.51. The van der Waals surface area contributed by atoms with E-state index in [2.05, 4.69) is 39.5 Å². The molecule has 0 aromatic heterocycles. The first-order chi connectivity index (χ1) is 9.88. The van der Waals surface area contributed by atoms with Gasteiger partial charge in [-0.15, -0.1) is 0 Å². The Morgan fingerprint density at radius 3 is 2.95 bits per heavy atom. The number of para-hydroxylation sites is 1. The van der Waals surface area contributed by atoms with Crippen molar-refractivity contribution in [2.24, 2.45) is 10.9 Å². The molecule has 0 saturated carbocycles. The highest BCUT2D eigenvalue weighted by Gasteiger charge is 2.23. The summed E-state index contributed by atoms with van der Waals surface area (Å²) >= 11 is 0. The number of benzene rings is 1. The zero-order valence-electron chi connectivity index (χ0n) is 12.1. The molecular formula is C16H23N3O. The van der Waals surface area contributed by atoms with Gasteiger partial charge in [0, 0.05) is 39.0 Å². The van der Waals surface area contributed by atoms with Crippen LogP contribution in [-0.2, 0) is 11.2 Å². The van der Waals surface area contributed by atoms with Crippen LogP contribution in [0.2, 0.25) is 0 Å². The van der Waals surface area contributed by atoms with Crippen LogP contribution < -0.4 is 10.2 Å². The normalized spacial score (nSPS) is 20.1. The van der Waals surface area contributed by atoms with Crippen molar-refractivity contribution in [2.75, 3.05) is 38.3 Å². The van der Waals surface area contributed by atoms with E-state index in [1.165, 1.54) is 11.3 Å². The Kier molecular flexibility index (Phi) is 4.21. The van der Waals surface area contributed by atoms with Crippen molar-refractivity contribution in [2.45, 2.75) is 19.3 Å². The van der Waals surface area contributed by atoms with Crippen LogP contribution in [0.1, 0.15) is 18.4 Å². The van der Waals surface area contributed by atoms with Gasteiger partial charge in [0.15, 0.2) is 5.96 Å². The summed E-state index contributed by atoms with van der Waals surface area (Å²) in [5, 5.41) is 3.54. The molecule has 2 heterocycles. The molecule has 2 aliphatic rings. The molecule has 0 atom stereocenters. The standard InChI is InChI=1S/C16H23N3O/c1-17-16(18-12-13-7-10-20-11-8-13)19-9-6-14-4-2-3-5-15(14)19/h2-5,13H,6-12H2,1H3,(H,17,18). The first-order valence-corrected chi connectivity index (χ1v) is 7.52. The Morgan fingerprint density at radius 2 is 2.15 bits per heavy atom. The molecule has 108 valence electrons. The fourth-order valence-electron chi connectivity index (χ4n) is 3.04. The average Bonchev–Trinajstić information content (AvgIpc) is 2.93. The van der Waals surface area contributed by atoms with Crippen LogP contribution in [-0.4, -0.2) is 39.3 Å². The van der Waals surface area contributed by atoms with Crippen LogP contribution in [0.5, 0.6) is 0 Å². The lowest BCUT2D eigenvalue weighted by molar-refractivity contribution is 0.0676.